The number of esters is 1. The fourth-order valence-corrected chi connectivity index (χ4v) is 2.83. The predicted octanol–water partition coefficient (Wildman–Crippen LogP) is 4.80. The number of ether oxygens (including phenoxy) is 1. The molecule has 0 saturated heterocycles. The quantitative estimate of drug-likeness (QED) is 0.721. The van der Waals surface area contributed by atoms with Gasteiger partial charge in [0.25, 0.3) is 0 Å². The SMILES string of the molecule is CCOC(=O)CCc1csc(Nc2ccc(Br)c(Cl)c2)n1. The zero-order valence-corrected chi connectivity index (χ0v) is 14.5. The zero-order valence-electron chi connectivity index (χ0n) is 11.4. The van der Waals surface area contributed by atoms with Crippen molar-refractivity contribution >= 4 is 55.7 Å². The maximum absolute atomic E-state index is 11.3. The summed E-state index contributed by atoms with van der Waals surface area (Å²) >= 11 is 10.9. The summed E-state index contributed by atoms with van der Waals surface area (Å²) in [5, 5.41) is 6.53. The van der Waals surface area contributed by atoms with Crippen molar-refractivity contribution in [1.82, 2.24) is 4.98 Å². The predicted molar refractivity (Wildman–Crippen MR) is 89.5 cm³/mol. The van der Waals surface area contributed by atoms with Gasteiger partial charge in [0, 0.05) is 22.0 Å². The topological polar surface area (TPSA) is 51.2 Å². The average Bonchev–Trinajstić information content (AvgIpc) is 2.89. The Balaban J connectivity index is 1.93. The van der Waals surface area contributed by atoms with Crippen molar-refractivity contribution in [2.75, 3.05) is 11.9 Å². The van der Waals surface area contributed by atoms with Gasteiger partial charge >= 0.3 is 5.97 Å². The van der Waals surface area contributed by atoms with Gasteiger partial charge in [-0.05, 0) is 41.1 Å². The maximum Gasteiger partial charge on any atom is 0.306 e. The van der Waals surface area contributed by atoms with Gasteiger partial charge in [0.15, 0.2) is 5.13 Å². The lowest BCUT2D eigenvalue weighted by atomic mass is 10.2. The van der Waals surface area contributed by atoms with Crippen LogP contribution in [0.25, 0.3) is 0 Å². The number of aromatic nitrogens is 1. The molecule has 0 atom stereocenters. The summed E-state index contributed by atoms with van der Waals surface area (Å²) < 4.78 is 5.74. The standard InChI is InChI=1S/C14H14BrClN2O2S/c1-2-20-13(19)6-4-10-8-21-14(18-10)17-9-3-5-11(15)12(16)7-9/h3,5,7-8H,2,4,6H2,1H3,(H,17,18). The summed E-state index contributed by atoms with van der Waals surface area (Å²) in [5.74, 6) is -0.195. The van der Waals surface area contributed by atoms with Crippen LogP contribution in [0.1, 0.15) is 19.0 Å². The van der Waals surface area contributed by atoms with E-state index < -0.39 is 0 Å². The number of thiazole rings is 1. The number of carbonyl (C=O) groups is 1. The Labute approximate surface area is 140 Å². The van der Waals surface area contributed by atoms with Crippen molar-refractivity contribution in [3.63, 3.8) is 0 Å². The smallest absolute Gasteiger partial charge is 0.306 e. The van der Waals surface area contributed by atoms with Gasteiger partial charge in [0.05, 0.1) is 23.7 Å². The van der Waals surface area contributed by atoms with Gasteiger partial charge < -0.3 is 10.1 Å². The van der Waals surface area contributed by atoms with Crippen LogP contribution in [0.15, 0.2) is 28.1 Å². The van der Waals surface area contributed by atoms with E-state index in [2.05, 4.69) is 26.2 Å². The van der Waals surface area contributed by atoms with Crippen molar-refractivity contribution in [2.45, 2.75) is 19.8 Å². The second-order valence-electron chi connectivity index (χ2n) is 4.20. The number of halogens is 2. The number of aryl methyl sites for hydroxylation is 1. The number of carbonyl (C=O) groups excluding carboxylic acids is 1. The third-order valence-corrected chi connectivity index (χ3v) is 4.65. The zero-order chi connectivity index (χ0) is 15.2. The summed E-state index contributed by atoms with van der Waals surface area (Å²) in [4.78, 5) is 15.7. The molecule has 1 N–H and O–H groups in total. The lowest BCUT2D eigenvalue weighted by molar-refractivity contribution is -0.143. The van der Waals surface area contributed by atoms with Crippen molar-refractivity contribution in [2.24, 2.45) is 0 Å². The molecule has 2 rings (SSSR count). The van der Waals surface area contributed by atoms with E-state index >= 15 is 0 Å². The first-order valence-corrected chi connectivity index (χ1v) is 8.45. The van der Waals surface area contributed by atoms with Gasteiger partial charge in [-0.3, -0.25) is 4.79 Å². The molecule has 0 saturated carbocycles. The fraction of sp³-hybridized carbons (Fsp3) is 0.286. The summed E-state index contributed by atoms with van der Waals surface area (Å²) in [7, 11) is 0. The Morgan fingerprint density at radius 2 is 2.33 bits per heavy atom. The highest BCUT2D eigenvalue weighted by atomic mass is 79.9. The molecule has 0 aliphatic carbocycles. The van der Waals surface area contributed by atoms with Gasteiger partial charge in [-0.2, -0.15) is 0 Å². The average molecular weight is 390 g/mol. The summed E-state index contributed by atoms with van der Waals surface area (Å²) in [6.45, 7) is 2.21. The Morgan fingerprint density at radius 1 is 1.52 bits per heavy atom. The number of rotatable bonds is 6. The molecular formula is C14H14BrClN2O2S. The highest BCUT2D eigenvalue weighted by Gasteiger charge is 2.07. The molecule has 0 spiro atoms. The second-order valence-corrected chi connectivity index (χ2v) is 6.32. The van der Waals surface area contributed by atoms with Gasteiger partial charge in [0.2, 0.25) is 0 Å². The molecule has 112 valence electrons. The highest BCUT2D eigenvalue weighted by molar-refractivity contribution is 9.10. The largest absolute Gasteiger partial charge is 0.466 e. The molecule has 0 aliphatic rings. The number of hydrogen-bond donors (Lipinski definition) is 1. The van der Waals surface area contributed by atoms with Crippen LogP contribution in [0.4, 0.5) is 10.8 Å². The molecule has 0 bridgehead atoms. The lowest BCUT2D eigenvalue weighted by Crippen LogP contribution is -2.05. The first kappa shape index (κ1) is 16.3. The van der Waals surface area contributed by atoms with Crippen LogP contribution >= 0.6 is 38.9 Å². The monoisotopic (exact) mass is 388 g/mol. The van der Waals surface area contributed by atoms with Crippen molar-refractivity contribution in [3.05, 3.63) is 38.8 Å². The molecule has 1 aromatic carbocycles. The van der Waals surface area contributed by atoms with Crippen LogP contribution in [-0.4, -0.2) is 17.6 Å². The van der Waals surface area contributed by atoms with Crippen molar-refractivity contribution in [1.29, 1.82) is 0 Å². The third-order valence-electron chi connectivity index (χ3n) is 2.61. The minimum Gasteiger partial charge on any atom is -0.466 e. The van der Waals surface area contributed by atoms with Gasteiger partial charge in [-0.15, -0.1) is 11.3 Å². The molecule has 1 aromatic heterocycles. The summed E-state index contributed by atoms with van der Waals surface area (Å²) in [6, 6.07) is 5.61. The fourth-order valence-electron chi connectivity index (χ4n) is 1.64. The van der Waals surface area contributed by atoms with E-state index in [0.717, 1.165) is 21.0 Å². The van der Waals surface area contributed by atoms with Crippen molar-refractivity contribution in [3.8, 4) is 0 Å². The number of hydrogen-bond acceptors (Lipinski definition) is 5. The minimum atomic E-state index is -0.195. The Kier molecular flexibility index (Phi) is 6.02. The first-order valence-electron chi connectivity index (χ1n) is 6.40. The molecular weight excluding hydrogens is 376 g/mol. The third kappa shape index (κ3) is 4.98. The molecule has 1 heterocycles. The molecule has 21 heavy (non-hydrogen) atoms. The van der Waals surface area contributed by atoms with Crippen LogP contribution in [0.5, 0.6) is 0 Å². The van der Waals surface area contributed by atoms with E-state index in [1.165, 1.54) is 11.3 Å². The first-order chi connectivity index (χ1) is 10.1. The molecule has 0 radical (unpaired) electrons. The molecule has 0 fully saturated rings. The van der Waals surface area contributed by atoms with Crippen molar-refractivity contribution < 1.29 is 9.53 Å². The van der Waals surface area contributed by atoms with E-state index in [4.69, 9.17) is 16.3 Å². The van der Waals surface area contributed by atoms with Gasteiger partial charge in [-0.25, -0.2) is 4.98 Å². The van der Waals surface area contributed by atoms with Gasteiger partial charge in [0.1, 0.15) is 0 Å². The Bertz CT molecular complexity index is 633. The summed E-state index contributed by atoms with van der Waals surface area (Å²) in [5.41, 5.74) is 1.74. The van der Waals surface area contributed by atoms with Crippen LogP contribution in [-0.2, 0) is 16.0 Å². The molecule has 0 amide bonds. The molecule has 7 heteroatoms. The van der Waals surface area contributed by atoms with E-state index in [1.807, 2.05) is 23.6 Å². The highest BCUT2D eigenvalue weighted by Crippen LogP contribution is 2.28. The minimum absolute atomic E-state index is 0.195. The molecule has 0 unspecified atom stereocenters. The van der Waals surface area contributed by atoms with E-state index in [0.29, 0.717) is 24.5 Å². The Hall–Kier alpha value is -1.11. The summed E-state index contributed by atoms with van der Waals surface area (Å²) in [6.07, 6.45) is 0.930. The van der Waals surface area contributed by atoms with E-state index in [-0.39, 0.29) is 5.97 Å². The molecule has 4 nitrogen and oxygen atoms in total. The van der Waals surface area contributed by atoms with Gasteiger partial charge in [-0.1, -0.05) is 11.6 Å². The van der Waals surface area contributed by atoms with Crippen LogP contribution in [0, 0.1) is 0 Å². The van der Waals surface area contributed by atoms with E-state index in [9.17, 15) is 4.79 Å². The number of nitrogens with zero attached hydrogens (tertiary/aromatic N) is 1. The van der Waals surface area contributed by atoms with Crippen LogP contribution in [0.3, 0.4) is 0 Å². The lowest BCUT2D eigenvalue weighted by Gasteiger charge is -2.04. The Morgan fingerprint density at radius 3 is 3.05 bits per heavy atom. The molecule has 0 aliphatic heterocycles. The number of anilines is 2. The maximum atomic E-state index is 11.3. The van der Waals surface area contributed by atoms with Crippen LogP contribution < -0.4 is 5.32 Å². The number of benzene rings is 1. The van der Waals surface area contributed by atoms with Crippen LogP contribution in [0.2, 0.25) is 5.02 Å². The normalized spacial score (nSPS) is 10.4. The molecule has 2 aromatic rings. The van der Waals surface area contributed by atoms with E-state index in [1.54, 1.807) is 6.92 Å². The number of nitrogens with one attached hydrogen (secondary N) is 1. The second kappa shape index (κ2) is 7.77.